The molecule has 0 spiro atoms. The molecule has 0 N–H and O–H groups in total. The summed E-state index contributed by atoms with van der Waals surface area (Å²) in [5.41, 5.74) is 2.22. The summed E-state index contributed by atoms with van der Waals surface area (Å²) in [5.74, 6) is 0. The van der Waals surface area contributed by atoms with Gasteiger partial charge in [-0.05, 0) is 47.2 Å². The van der Waals surface area contributed by atoms with Gasteiger partial charge in [-0.2, -0.15) is 0 Å². The number of anilines is 1. The van der Waals surface area contributed by atoms with E-state index >= 15 is 0 Å². The molecule has 0 aliphatic carbocycles. The first-order valence-electron chi connectivity index (χ1n) is 10.0. The van der Waals surface area contributed by atoms with Crippen LogP contribution in [0.15, 0.2) is 12.3 Å². The Balaban J connectivity index is 1.91. The van der Waals surface area contributed by atoms with Gasteiger partial charge in [-0.3, -0.25) is 4.98 Å². The van der Waals surface area contributed by atoms with E-state index in [2.05, 4.69) is 50.5 Å². The Morgan fingerprint density at radius 2 is 1.74 bits per heavy atom. The number of hydrogen-bond acceptors (Lipinski definition) is 6. The molecule has 1 atom stereocenters. The van der Waals surface area contributed by atoms with Crippen LogP contribution in [0.2, 0.25) is 0 Å². The quantitative estimate of drug-likeness (QED) is 0.736. The van der Waals surface area contributed by atoms with E-state index in [-0.39, 0.29) is 17.3 Å². The average Bonchev–Trinajstić information content (AvgIpc) is 2.88. The van der Waals surface area contributed by atoms with Gasteiger partial charge in [0.25, 0.3) is 0 Å². The number of nitrogens with zero attached hydrogens (tertiary/aromatic N) is 3. The van der Waals surface area contributed by atoms with E-state index in [1.165, 1.54) is 0 Å². The molecule has 150 valence electrons. The van der Waals surface area contributed by atoms with Crippen LogP contribution in [-0.4, -0.2) is 68.0 Å². The summed E-state index contributed by atoms with van der Waals surface area (Å²) >= 11 is 0. The summed E-state index contributed by atoms with van der Waals surface area (Å²) in [6.07, 6.45) is 1.84. The van der Waals surface area contributed by atoms with E-state index in [0.717, 1.165) is 49.6 Å². The lowest BCUT2D eigenvalue weighted by Gasteiger charge is -2.35. The standard InChI is InChI=1S/C20H34BN3O3/c1-8-23-9-11-24(12-10-23)16-13-17(18(22-14-16)15(2)25-7)21-26-19(3,4)20(5,6)27-21/h13-15H,8-12H2,1-7H3/t15-/m0/s1. The molecular formula is C20H34BN3O3. The monoisotopic (exact) mass is 375 g/mol. The van der Waals surface area contributed by atoms with Gasteiger partial charge in [0.15, 0.2) is 0 Å². The van der Waals surface area contributed by atoms with Gasteiger partial charge in [0, 0.05) is 38.8 Å². The second-order valence-electron chi connectivity index (χ2n) is 8.56. The van der Waals surface area contributed by atoms with Crippen molar-refractivity contribution >= 4 is 18.3 Å². The van der Waals surface area contributed by atoms with Crippen LogP contribution in [-0.2, 0) is 14.0 Å². The number of pyridine rings is 1. The normalized spacial score (nSPS) is 23.7. The van der Waals surface area contributed by atoms with Gasteiger partial charge in [0.1, 0.15) is 0 Å². The Morgan fingerprint density at radius 1 is 1.15 bits per heavy atom. The molecule has 27 heavy (non-hydrogen) atoms. The molecule has 1 aromatic heterocycles. The summed E-state index contributed by atoms with van der Waals surface area (Å²) in [6, 6.07) is 2.18. The second kappa shape index (κ2) is 7.70. The first-order chi connectivity index (χ1) is 12.7. The van der Waals surface area contributed by atoms with Gasteiger partial charge in [-0.1, -0.05) is 6.92 Å². The van der Waals surface area contributed by atoms with Crippen LogP contribution in [0.3, 0.4) is 0 Å². The highest BCUT2D eigenvalue weighted by Crippen LogP contribution is 2.37. The zero-order valence-corrected chi connectivity index (χ0v) is 17.9. The van der Waals surface area contributed by atoms with Crippen molar-refractivity contribution in [2.24, 2.45) is 0 Å². The predicted molar refractivity (Wildman–Crippen MR) is 110 cm³/mol. The molecule has 2 saturated heterocycles. The number of hydrogen-bond donors (Lipinski definition) is 0. The SMILES string of the molecule is CCN1CCN(c2cnc([C@H](C)OC)c(B3OC(C)(C)C(C)(C)O3)c2)CC1. The van der Waals surface area contributed by atoms with Crippen molar-refractivity contribution < 1.29 is 14.0 Å². The van der Waals surface area contributed by atoms with E-state index in [9.17, 15) is 0 Å². The summed E-state index contributed by atoms with van der Waals surface area (Å²) in [7, 11) is 1.27. The molecule has 1 aromatic rings. The minimum Gasteiger partial charge on any atom is -0.399 e. The maximum Gasteiger partial charge on any atom is 0.496 e. The highest BCUT2D eigenvalue weighted by Gasteiger charge is 2.52. The largest absolute Gasteiger partial charge is 0.496 e. The first-order valence-corrected chi connectivity index (χ1v) is 10.0. The third-order valence-electron chi connectivity index (χ3n) is 6.37. The van der Waals surface area contributed by atoms with Crippen molar-refractivity contribution in [1.29, 1.82) is 0 Å². The molecule has 0 amide bonds. The molecule has 0 unspecified atom stereocenters. The Bertz CT molecular complexity index is 644. The summed E-state index contributed by atoms with van der Waals surface area (Å²) < 4.78 is 18.2. The molecule has 0 radical (unpaired) electrons. The number of rotatable bonds is 5. The first kappa shape index (κ1) is 20.6. The van der Waals surface area contributed by atoms with E-state index in [0.29, 0.717) is 0 Å². The van der Waals surface area contributed by atoms with Crippen LogP contribution in [0, 0.1) is 0 Å². The molecular weight excluding hydrogens is 341 g/mol. The zero-order valence-electron chi connectivity index (χ0n) is 17.9. The number of aromatic nitrogens is 1. The summed E-state index contributed by atoms with van der Waals surface area (Å²) in [6.45, 7) is 17.8. The molecule has 7 heteroatoms. The van der Waals surface area contributed by atoms with Gasteiger partial charge >= 0.3 is 7.12 Å². The molecule has 3 rings (SSSR count). The van der Waals surface area contributed by atoms with Crippen molar-refractivity contribution in [2.45, 2.75) is 58.8 Å². The molecule has 6 nitrogen and oxygen atoms in total. The Labute approximate surface area is 164 Å². The van der Waals surface area contributed by atoms with Crippen molar-refractivity contribution in [1.82, 2.24) is 9.88 Å². The average molecular weight is 375 g/mol. The number of likely N-dealkylation sites (N-methyl/N-ethyl adjacent to an activating group) is 1. The van der Waals surface area contributed by atoms with E-state index in [4.69, 9.17) is 19.0 Å². The summed E-state index contributed by atoms with van der Waals surface area (Å²) in [5, 5.41) is 0. The smallest absolute Gasteiger partial charge is 0.399 e. The van der Waals surface area contributed by atoms with Gasteiger partial charge in [-0.25, -0.2) is 0 Å². The lowest BCUT2D eigenvalue weighted by molar-refractivity contribution is 0.00578. The van der Waals surface area contributed by atoms with Crippen LogP contribution in [0.5, 0.6) is 0 Å². The minimum absolute atomic E-state index is 0.120. The fourth-order valence-corrected chi connectivity index (χ4v) is 3.59. The van der Waals surface area contributed by atoms with Crippen molar-refractivity contribution in [3.05, 3.63) is 18.0 Å². The lowest BCUT2D eigenvalue weighted by Crippen LogP contribution is -2.47. The number of methoxy groups -OCH3 is 1. The third kappa shape index (κ3) is 4.02. The molecule has 0 saturated carbocycles. The third-order valence-corrected chi connectivity index (χ3v) is 6.37. The maximum atomic E-state index is 6.32. The van der Waals surface area contributed by atoms with E-state index < -0.39 is 7.12 Å². The molecule has 2 fully saturated rings. The number of piperazine rings is 1. The Morgan fingerprint density at radius 3 is 2.26 bits per heavy atom. The Kier molecular flexibility index (Phi) is 5.87. The van der Waals surface area contributed by atoms with E-state index in [1.807, 2.05) is 13.1 Å². The van der Waals surface area contributed by atoms with Crippen LogP contribution < -0.4 is 10.4 Å². The predicted octanol–water partition coefficient (Wildman–Crippen LogP) is 2.23. The zero-order chi connectivity index (χ0) is 19.8. The van der Waals surface area contributed by atoms with Gasteiger partial charge in [-0.15, -0.1) is 0 Å². The van der Waals surface area contributed by atoms with Crippen LogP contribution in [0.1, 0.15) is 53.3 Å². The minimum atomic E-state index is -0.438. The Hall–Kier alpha value is -1.15. The fourth-order valence-electron chi connectivity index (χ4n) is 3.59. The van der Waals surface area contributed by atoms with Crippen molar-refractivity contribution in [3.8, 4) is 0 Å². The second-order valence-corrected chi connectivity index (χ2v) is 8.56. The molecule has 2 aliphatic rings. The maximum absolute atomic E-state index is 6.32. The molecule has 3 heterocycles. The summed E-state index contributed by atoms with van der Waals surface area (Å²) in [4.78, 5) is 9.63. The van der Waals surface area contributed by atoms with Gasteiger partial charge < -0.3 is 23.8 Å². The number of ether oxygens (including phenoxy) is 1. The van der Waals surface area contributed by atoms with Gasteiger partial charge in [0.2, 0.25) is 0 Å². The molecule has 0 bridgehead atoms. The van der Waals surface area contributed by atoms with Crippen LogP contribution in [0.25, 0.3) is 0 Å². The highest BCUT2D eigenvalue weighted by atomic mass is 16.7. The van der Waals surface area contributed by atoms with Crippen LogP contribution >= 0.6 is 0 Å². The topological polar surface area (TPSA) is 47.1 Å². The van der Waals surface area contributed by atoms with Crippen molar-refractivity contribution in [2.75, 3.05) is 44.7 Å². The van der Waals surface area contributed by atoms with Crippen LogP contribution in [0.4, 0.5) is 5.69 Å². The van der Waals surface area contributed by atoms with E-state index in [1.54, 1.807) is 7.11 Å². The van der Waals surface area contributed by atoms with Gasteiger partial charge in [0.05, 0.1) is 34.9 Å². The molecule has 2 aliphatic heterocycles. The fraction of sp³-hybridized carbons (Fsp3) is 0.750. The van der Waals surface area contributed by atoms with Crippen molar-refractivity contribution in [3.63, 3.8) is 0 Å². The lowest BCUT2D eigenvalue weighted by atomic mass is 9.76. The highest BCUT2D eigenvalue weighted by molar-refractivity contribution is 6.62. The molecule has 0 aromatic carbocycles.